The lowest BCUT2D eigenvalue weighted by Crippen LogP contribution is -2.70. The minimum absolute atomic E-state index is 0.315. The summed E-state index contributed by atoms with van der Waals surface area (Å²) in [5.74, 6) is -1.89. The SMILES string of the molecule is Cc1cccc(C2(C)CCCC3N(CC(F)(F)F)C(=O)c4c(O)c(=O)ccn4N32)n1. The molecule has 0 saturated carbocycles. The number of carbonyl (C=O) groups excluding carboxylic acids is 1. The predicted molar refractivity (Wildman–Crippen MR) is 102 cm³/mol. The summed E-state index contributed by atoms with van der Waals surface area (Å²) < 4.78 is 41.3. The van der Waals surface area contributed by atoms with Crippen molar-refractivity contribution in [3.05, 3.63) is 57.8 Å². The van der Waals surface area contributed by atoms with Crippen molar-refractivity contribution in [1.29, 1.82) is 0 Å². The molecule has 1 saturated heterocycles. The molecule has 0 radical (unpaired) electrons. The first kappa shape index (κ1) is 20.2. The van der Waals surface area contributed by atoms with Gasteiger partial charge in [-0.1, -0.05) is 6.07 Å². The number of carbonyl (C=O) groups is 1. The molecule has 1 N–H and O–H groups in total. The fraction of sp³-hybridized carbons (Fsp3) is 0.450. The van der Waals surface area contributed by atoms with Crippen LogP contribution >= 0.6 is 0 Å². The second-order valence-electron chi connectivity index (χ2n) is 7.93. The first-order valence-corrected chi connectivity index (χ1v) is 9.59. The third-order valence-electron chi connectivity index (χ3n) is 5.81. The number of aromatic hydroxyl groups is 1. The zero-order valence-electron chi connectivity index (χ0n) is 16.5. The topological polar surface area (TPSA) is 78.7 Å². The van der Waals surface area contributed by atoms with Gasteiger partial charge in [0.2, 0.25) is 5.43 Å². The lowest BCUT2D eigenvalue weighted by atomic mass is 9.84. The van der Waals surface area contributed by atoms with E-state index in [1.54, 1.807) is 11.1 Å². The Kier molecular flexibility index (Phi) is 4.55. The van der Waals surface area contributed by atoms with Crippen LogP contribution in [-0.4, -0.2) is 44.5 Å². The number of aryl methyl sites for hydroxylation is 1. The largest absolute Gasteiger partial charge is 0.502 e. The molecule has 2 aromatic rings. The van der Waals surface area contributed by atoms with Crippen LogP contribution in [-0.2, 0) is 5.54 Å². The lowest BCUT2D eigenvalue weighted by molar-refractivity contribution is -0.148. The lowest BCUT2D eigenvalue weighted by Gasteiger charge is -2.56. The van der Waals surface area contributed by atoms with Crippen molar-refractivity contribution in [3.63, 3.8) is 0 Å². The highest BCUT2D eigenvalue weighted by Gasteiger charge is 2.52. The fourth-order valence-electron chi connectivity index (χ4n) is 4.49. The van der Waals surface area contributed by atoms with Crippen LogP contribution in [0.25, 0.3) is 0 Å². The van der Waals surface area contributed by atoms with Crippen LogP contribution in [0.3, 0.4) is 0 Å². The number of alkyl halides is 3. The summed E-state index contributed by atoms with van der Waals surface area (Å²) >= 11 is 0. The second kappa shape index (κ2) is 6.75. The highest BCUT2D eigenvalue weighted by atomic mass is 19.4. The van der Waals surface area contributed by atoms with Gasteiger partial charge in [-0.2, -0.15) is 13.2 Å². The molecule has 0 spiro atoms. The summed E-state index contributed by atoms with van der Waals surface area (Å²) in [6.07, 6.45) is -2.75. The number of hydrogen-bond donors (Lipinski definition) is 1. The molecule has 10 heteroatoms. The number of hydrogen-bond acceptors (Lipinski definition) is 5. The summed E-state index contributed by atoms with van der Waals surface area (Å²) in [5, 5.41) is 11.9. The molecule has 1 amide bonds. The summed E-state index contributed by atoms with van der Waals surface area (Å²) in [6.45, 7) is 2.19. The van der Waals surface area contributed by atoms with Gasteiger partial charge in [-0.05, 0) is 45.2 Å². The van der Waals surface area contributed by atoms with E-state index < -0.39 is 47.2 Å². The first-order valence-electron chi connectivity index (χ1n) is 9.59. The van der Waals surface area contributed by atoms with E-state index in [2.05, 4.69) is 4.98 Å². The van der Waals surface area contributed by atoms with Gasteiger partial charge in [0.25, 0.3) is 5.91 Å². The Labute approximate surface area is 170 Å². The average Bonchev–Trinajstić information content (AvgIpc) is 2.66. The molecular formula is C20H21F3N4O3. The van der Waals surface area contributed by atoms with E-state index in [0.717, 1.165) is 11.8 Å². The molecule has 4 rings (SSSR count). The van der Waals surface area contributed by atoms with Gasteiger partial charge in [0, 0.05) is 18.0 Å². The molecular weight excluding hydrogens is 401 g/mol. The summed E-state index contributed by atoms with van der Waals surface area (Å²) in [4.78, 5) is 30.2. The maximum absolute atomic E-state index is 13.3. The van der Waals surface area contributed by atoms with Crippen LogP contribution in [0.2, 0.25) is 0 Å². The Balaban J connectivity index is 1.96. The quantitative estimate of drug-likeness (QED) is 0.805. The molecule has 7 nitrogen and oxygen atoms in total. The Morgan fingerprint density at radius 3 is 2.67 bits per heavy atom. The van der Waals surface area contributed by atoms with Gasteiger partial charge in [-0.3, -0.25) is 24.3 Å². The Morgan fingerprint density at radius 1 is 1.27 bits per heavy atom. The van der Waals surface area contributed by atoms with E-state index in [1.165, 1.54) is 10.9 Å². The monoisotopic (exact) mass is 422 g/mol. The zero-order chi connectivity index (χ0) is 21.8. The maximum Gasteiger partial charge on any atom is 0.406 e. The molecule has 0 aliphatic carbocycles. The van der Waals surface area contributed by atoms with E-state index in [4.69, 9.17) is 0 Å². The van der Waals surface area contributed by atoms with Crippen LogP contribution in [0.4, 0.5) is 13.2 Å². The molecule has 2 atom stereocenters. The van der Waals surface area contributed by atoms with Crippen molar-refractivity contribution in [2.45, 2.75) is 51.0 Å². The van der Waals surface area contributed by atoms with Crippen LogP contribution in [0, 0.1) is 6.92 Å². The van der Waals surface area contributed by atoms with Gasteiger partial charge in [-0.25, -0.2) is 0 Å². The molecule has 2 aliphatic heterocycles. The molecule has 160 valence electrons. The van der Waals surface area contributed by atoms with Gasteiger partial charge in [0.05, 0.1) is 11.2 Å². The van der Waals surface area contributed by atoms with Crippen molar-refractivity contribution in [3.8, 4) is 5.75 Å². The zero-order valence-corrected chi connectivity index (χ0v) is 16.5. The number of halogens is 3. The molecule has 0 aromatic carbocycles. The smallest absolute Gasteiger partial charge is 0.406 e. The second-order valence-corrected chi connectivity index (χ2v) is 7.93. The van der Waals surface area contributed by atoms with Gasteiger partial charge in [0.1, 0.15) is 12.7 Å². The minimum atomic E-state index is -4.64. The van der Waals surface area contributed by atoms with E-state index in [9.17, 15) is 27.9 Å². The standard InChI is InChI=1S/C20H21F3N4O3/c1-12-5-3-6-14(24-12)19(2)9-4-7-15-25(11-20(21,22)23)18(30)16-17(29)13(28)8-10-26(16)27(15)19/h3,5-6,8,10,15,29H,4,7,9,11H2,1-2H3. The fourth-order valence-corrected chi connectivity index (χ4v) is 4.49. The summed E-state index contributed by atoms with van der Waals surface area (Å²) in [7, 11) is 0. The number of pyridine rings is 2. The summed E-state index contributed by atoms with van der Waals surface area (Å²) in [5.41, 5.74) is -0.775. The van der Waals surface area contributed by atoms with Gasteiger partial charge >= 0.3 is 6.18 Å². The van der Waals surface area contributed by atoms with E-state index in [1.807, 2.05) is 26.0 Å². The van der Waals surface area contributed by atoms with Crippen molar-refractivity contribution in [1.82, 2.24) is 14.6 Å². The van der Waals surface area contributed by atoms with E-state index in [0.29, 0.717) is 29.9 Å². The van der Waals surface area contributed by atoms with E-state index >= 15 is 0 Å². The third kappa shape index (κ3) is 3.10. The van der Waals surface area contributed by atoms with Crippen LogP contribution in [0.1, 0.15) is 48.1 Å². The van der Waals surface area contributed by atoms with E-state index in [-0.39, 0.29) is 0 Å². The van der Waals surface area contributed by atoms with Crippen LogP contribution in [0.15, 0.2) is 35.3 Å². The number of fused-ring (bicyclic) bond motifs is 3. The van der Waals surface area contributed by atoms with Crippen LogP contribution < -0.4 is 10.4 Å². The van der Waals surface area contributed by atoms with Gasteiger partial charge in [-0.15, -0.1) is 0 Å². The molecule has 2 aromatic heterocycles. The van der Waals surface area contributed by atoms with Gasteiger partial charge in [0.15, 0.2) is 11.4 Å². The number of piperidine rings is 1. The maximum atomic E-state index is 13.3. The van der Waals surface area contributed by atoms with Crippen molar-refractivity contribution in [2.24, 2.45) is 0 Å². The minimum Gasteiger partial charge on any atom is -0.502 e. The molecule has 1 fully saturated rings. The molecule has 30 heavy (non-hydrogen) atoms. The molecule has 0 bridgehead atoms. The normalized spacial score (nSPS) is 23.9. The number of aromatic nitrogens is 2. The predicted octanol–water partition coefficient (Wildman–Crippen LogP) is 2.64. The van der Waals surface area contributed by atoms with Crippen molar-refractivity contribution >= 4 is 5.91 Å². The highest BCUT2D eigenvalue weighted by molar-refractivity contribution is 5.96. The third-order valence-corrected chi connectivity index (χ3v) is 5.81. The number of rotatable bonds is 2. The number of amides is 1. The Hall–Kier alpha value is -3.04. The van der Waals surface area contributed by atoms with Crippen molar-refractivity contribution in [2.75, 3.05) is 11.6 Å². The molecule has 2 unspecified atom stereocenters. The first-order chi connectivity index (χ1) is 14.0. The Morgan fingerprint density at radius 2 is 2.00 bits per heavy atom. The number of nitrogens with zero attached hydrogens (tertiary/aromatic N) is 4. The van der Waals surface area contributed by atoms with Crippen LogP contribution in [0.5, 0.6) is 5.75 Å². The Bertz CT molecular complexity index is 1070. The van der Waals surface area contributed by atoms with Crippen molar-refractivity contribution < 1.29 is 23.1 Å². The highest BCUT2D eigenvalue weighted by Crippen LogP contribution is 2.43. The van der Waals surface area contributed by atoms with Gasteiger partial charge < -0.3 is 10.0 Å². The average molecular weight is 422 g/mol. The molecule has 2 aliphatic rings. The summed E-state index contributed by atoms with van der Waals surface area (Å²) in [6, 6.07) is 6.53. The molecule has 4 heterocycles.